The van der Waals surface area contributed by atoms with Crippen molar-refractivity contribution in [2.24, 2.45) is 10.2 Å². The maximum absolute atomic E-state index is 11.8. The number of aromatic carboxylic acids is 4. The number of carbonyl (C=O) groups is 4. The highest BCUT2D eigenvalue weighted by atomic mass is 16.4. The molecule has 0 fully saturated rings. The Balaban J connectivity index is 1.46. The number of nitrogens with two attached hydrogens (primary N) is 1. The van der Waals surface area contributed by atoms with Gasteiger partial charge in [0.1, 0.15) is 11.6 Å². The number of benzene rings is 3. The molecule has 3 aromatic heterocycles. The van der Waals surface area contributed by atoms with E-state index in [0.717, 1.165) is 29.1 Å². The van der Waals surface area contributed by atoms with Gasteiger partial charge in [0.15, 0.2) is 17.3 Å². The molecule has 8 N–H and O–H groups in total. The molecule has 21 nitrogen and oxygen atoms in total. The molecule has 6 aromatic rings. The summed E-state index contributed by atoms with van der Waals surface area (Å²) in [5.74, 6) is -5.51. The lowest BCUT2D eigenvalue weighted by atomic mass is 9.91. The van der Waals surface area contributed by atoms with Crippen LogP contribution in [0.15, 0.2) is 83.2 Å². The van der Waals surface area contributed by atoms with Gasteiger partial charge in [0.2, 0.25) is 11.9 Å². The Morgan fingerprint density at radius 2 is 1.21 bits per heavy atom. The molecule has 0 bridgehead atoms. The van der Waals surface area contributed by atoms with E-state index in [1.165, 1.54) is 53.2 Å². The maximum atomic E-state index is 11.8. The molecule has 0 unspecified atom stereocenters. The number of carboxylic acid groups (broad SMARTS) is 4. The third-order valence-electron chi connectivity index (χ3n) is 7.96. The van der Waals surface area contributed by atoms with Gasteiger partial charge < -0.3 is 36.8 Å². The summed E-state index contributed by atoms with van der Waals surface area (Å²) in [5.41, 5.74) is 6.38. The van der Waals surface area contributed by atoms with Gasteiger partial charge in [-0.25, -0.2) is 23.9 Å². The van der Waals surface area contributed by atoms with Crippen LogP contribution in [0.25, 0.3) is 11.6 Å². The zero-order chi connectivity index (χ0) is 41.2. The van der Waals surface area contributed by atoms with Crippen molar-refractivity contribution in [2.75, 3.05) is 16.4 Å². The van der Waals surface area contributed by atoms with Crippen LogP contribution in [0, 0.1) is 11.3 Å². The predicted molar refractivity (Wildman–Crippen MR) is 200 cm³/mol. The molecule has 21 heteroatoms. The largest absolute Gasteiger partial charge is 0.478 e. The first-order valence-corrected chi connectivity index (χ1v) is 16.4. The Hall–Kier alpha value is -8.54. The van der Waals surface area contributed by atoms with E-state index in [1.807, 2.05) is 26.8 Å². The first kappa shape index (κ1) is 38.2. The van der Waals surface area contributed by atoms with Crippen molar-refractivity contribution < 1.29 is 39.6 Å². The molecule has 0 amide bonds. The van der Waals surface area contributed by atoms with Crippen molar-refractivity contribution in [3.05, 3.63) is 106 Å². The SMILES string of the molecule is CC(C)(C)c1nn(-c2nc(Nc3ccc(C(=O)O)cc3)nc(Nc3ccc(C(=O)O)cc3)n2)c(N)c1/N=N/c1c(C#N)cnn1-c1cc(C(=O)O)cc(C(=O)O)c1. The van der Waals surface area contributed by atoms with Gasteiger partial charge in [0.05, 0.1) is 39.8 Å². The van der Waals surface area contributed by atoms with Crippen LogP contribution in [0.4, 0.5) is 40.6 Å². The number of rotatable bonds is 12. The van der Waals surface area contributed by atoms with Crippen LogP contribution in [0.1, 0.15) is 73.5 Å². The number of azo groups is 1. The van der Waals surface area contributed by atoms with Gasteiger partial charge in [-0.2, -0.15) is 35.1 Å². The monoisotopic (exact) mass is 771 g/mol. The normalized spacial score (nSPS) is 11.3. The number of aromatic nitrogens is 7. The highest BCUT2D eigenvalue weighted by molar-refractivity contribution is 5.95. The van der Waals surface area contributed by atoms with Gasteiger partial charge in [0.25, 0.3) is 5.95 Å². The van der Waals surface area contributed by atoms with Gasteiger partial charge in [-0.05, 0) is 66.7 Å². The lowest BCUT2D eigenvalue weighted by molar-refractivity contribution is 0.0680. The number of nitriles is 1. The van der Waals surface area contributed by atoms with E-state index in [4.69, 9.17) is 5.73 Å². The minimum atomic E-state index is -1.40. The van der Waals surface area contributed by atoms with Crippen molar-refractivity contribution in [3.63, 3.8) is 0 Å². The highest BCUT2D eigenvalue weighted by Gasteiger charge is 2.29. The number of anilines is 5. The van der Waals surface area contributed by atoms with Crippen molar-refractivity contribution in [3.8, 4) is 17.7 Å². The van der Waals surface area contributed by atoms with E-state index < -0.39 is 29.3 Å². The molecule has 0 saturated carbocycles. The van der Waals surface area contributed by atoms with E-state index in [2.05, 4.69) is 46.0 Å². The quantitative estimate of drug-likeness (QED) is 0.0734. The fourth-order valence-corrected chi connectivity index (χ4v) is 5.18. The molecule has 3 heterocycles. The van der Waals surface area contributed by atoms with Gasteiger partial charge >= 0.3 is 23.9 Å². The fraction of sp³-hybridized carbons (Fsp3) is 0.111. The average Bonchev–Trinajstić information content (AvgIpc) is 3.74. The summed E-state index contributed by atoms with van der Waals surface area (Å²) in [6, 6.07) is 16.8. The van der Waals surface area contributed by atoms with Crippen LogP contribution >= 0.6 is 0 Å². The highest BCUT2D eigenvalue weighted by Crippen LogP contribution is 2.38. The smallest absolute Gasteiger partial charge is 0.335 e. The third-order valence-corrected chi connectivity index (χ3v) is 7.96. The molecule has 0 aliphatic rings. The molecule has 0 spiro atoms. The number of hydrogen-bond donors (Lipinski definition) is 7. The van der Waals surface area contributed by atoms with E-state index in [-0.39, 0.29) is 68.7 Å². The number of carboxylic acids is 4. The van der Waals surface area contributed by atoms with Crippen molar-refractivity contribution in [1.82, 2.24) is 34.5 Å². The maximum Gasteiger partial charge on any atom is 0.335 e. The predicted octanol–water partition coefficient (Wildman–Crippen LogP) is 5.69. The fourth-order valence-electron chi connectivity index (χ4n) is 5.18. The van der Waals surface area contributed by atoms with Crippen LogP contribution in [0.3, 0.4) is 0 Å². The average molecular weight is 772 g/mol. The molecule has 6 rings (SSSR count). The van der Waals surface area contributed by atoms with Gasteiger partial charge in [-0.3, -0.25) is 0 Å². The number of hydrogen-bond acceptors (Lipinski definition) is 15. The van der Waals surface area contributed by atoms with Crippen molar-refractivity contribution in [1.29, 1.82) is 5.26 Å². The topological polar surface area (TPSA) is 322 Å². The minimum absolute atomic E-state index is 0.0251. The lowest BCUT2D eigenvalue weighted by Crippen LogP contribution is -2.15. The molecular weight excluding hydrogens is 742 g/mol. The molecule has 57 heavy (non-hydrogen) atoms. The summed E-state index contributed by atoms with van der Waals surface area (Å²) in [6.45, 7) is 5.47. The zero-order valence-corrected chi connectivity index (χ0v) is 29.9. The van der Waals surface area contributed by atoms with E-state index in [9.17, 15) is 44.9 Å². The van der Waals surface area contributed by atoms with Crippen LogP contribution in [0.5, 0.6) is 0 Å². The molecule has 0 radical (unpaired) electrons. The summed E-state index contributed by atoms with van der Waals surface area (Å²) in [7, 11) is 0. The van der Waals surface area contributed by atoms with Crippen LogP contribution < -0.4 is 16.4 Å². The first-order chi connectivity index (χ1) is 27.0. The molecule has 0 atom stereocenters. The van der Waals surface area contributed by atoms with Crippen molar-refractivity contribution in [2.45, 2.75) is 26.2 Å². The molecular formula is C36H29N13O8. The van der Waals surface area contributed by atoms with E-state index in [0.29, 0.717) is 17.1 Å². The van der Waals surface area contributed by atoms with Crippen molar-refractivity contribution >= 4 is 64.5 Å². The van der Waals surface area contributed by atoms with E-state index >= 15 is 0 Å². The minimum Gasteiger partial charge on any atom is -0.478 e. The lowest BCUT2D eigenvalue weighted by Gasteiger charge is -2.15. The Morgan fingerprint density at radius 3 is 1.65 bits per heavy atom. The summed E-state index contributed by atoms with van der Waals surface area (Å²) < 4.78 is 2.23. The second-order valence-corrected chi connectivity index (χ2v) is 13.0. The third kappa shape index (κ3) is 8.19. The summed E-state index contributed by atoms with van der Waals surface area (Å²) >= 11 is 0. The van der Waals surface area contributed by atoms with Crippen LogP contribution in [0.2, 0.25) is 0 Å². The summed E-state index contributed by atoms with van der Waals surface area (Å²) in [6.07, 6.45) is 1.15. The number of nitrogens with one attached hydrogen (secondary N) is 2. The Bertz CT molecular complexity index is 2540. The molecule has 0 saturated heterocycles. The van der Waals surface area contributed by atoms with Gasteiger partial charge in [-0.15, -0.1) is 10.2 Å². The molecule has 3 aromatic carbocycles. The molecule has 0 aliphatic carbocycles. The molecule has 0 aliphatic heterocycles. The number of nitrogen functional groups attached to an aromatic ring is 1. The Labute approximate surface area is 320 Å². The van der Waals surface area contributed by atoms with E-state index in [1.54, 1.807) is 0 Å². The number of nitrogens with zero attached hydrogens (tertiary/aromatic N) is 10. The van der Waals surface area contributed by atoms with Crippen LogP contribution in [-0.4, -0.2) is 78.8 Å². The zero-order valence-electron chi connectivity index (χ0n) is 29.9. The second-order valence-electron chi connectivity index (χ2n) is 13.0. The Kier molecular flexibility index (Phi) is 10.1. The molecule has 286 valence electrons. The van der Waals surface area contributed by atoms with Gasteiger partial charge in [0, 0.05) is 16.8 Å². The second kappa shape index (κ2) is 15.1. The Morgan fingerprint density at radius 1 is 0.719 bits per heavy atom. The summed E-state index contributed by atoms with van der Waals surface area (Å²) in [5, 5.41) is 71.1. The standard InChI is InChI=1S/C36H29N13O8/c1-36(2,3)26-25(45-46-28-21(15-37)16-39-48(28)24-13-19(31(54)55)12-20(14-24)32(56)57)27(38)49(47-26)35-43-33(40-22-8-4-17(5-9-22)29(50)51)42-34(44-35)41-23-10-6-18(7-11-23)30(52)53/h4-14,16H,38H2,1-3H3,(H,50,51)(H,52,53)(H,54,55)(H,56,57)(H2,40,41,42,43,44)/b46-45+. The van der Waals surface area contributed by atoms with Crippen LogP contribution in [-0.2, 0) is 5.41 Å². The summed E-state index contributed by atoms with van der Waals surface area (Å²) in [4.78, 5) is 59.8. The first-order valence-electron chi connectivity index (χ1n) is 16.4. The van der Waals surface area contributed by atoms with Gasteiger partial charge in [-0.1, -0.05) is 20.8 Å².